The summed E-state index contributed by atoms with van der Waals surface area (Å²) in [5.41, 5.74) is 6.97. The highest BCUT2D eigenvalue weighted by Crippen LogP contribution is 2.45. The third kappa shape index (κ3) is 4.38. The molecule has 2 rings (SSSR count). The Bertz CT molecular complexity index is 526. The Morgan fingerprint density at radius 2 is 2.04 bits per heavy atom. The van der Waals surface area contributed by atoms with Crippen LogP contribution in [0.25, 0.3) is 0 Å². The molecule has 0 saturated heterocycles. The second kappa shape index (κ2) is 7.68. The number of aliphatic imine (C=N–C) groups is 1. The molecule has 1 aliphatic carbocycles. The van der Waals surface area contributed by atoms with Crippen LogP contribution in [-0.4, -0.2) is 31.8 Å². The van der Waals surface area contributed by atoms with Crippen molar-refractivity contribution in [1.82, 2.24) is 0 Å². The van der Waals surface area contributed by atoms with Gasteiger partial charge in [-0.25, -0.2) is 4.99 Å². The highest BCUT2D eigenvalue weighted by Gasteiger charge is 2.49. The average molecular weight is 319 g/mol. The molecule has 5 nitrogen and oxygen atoms in total. The van der Waals surface area contributed by atoms with Crippen LogP contribution < -0.4 is 15.8 Å². The zero-order valence-corrected chi connectivity index (χ0v) is 14.6. The maximum Gasteiger partial charge on any atom is 0.193 e. The van der Waals surface area contributed by atoms with E-state index in [1.54, 1.807) is 7.11 Å². The molecule has 3 N–H and O–H groups in total. The molecule has 128 valence electrons. The van der Waals surface area contributed by atoms with Gasteiger partial charge in [0, 0.05) is 17.7 Å². The Hall–Kier alpha value is -1.75. The van der Waals surface area contributed by atoms with Gasteiger partial charge in [0.05, 0.1) is 19.3 Å². The lowest BCUT2D eigenvalue weighted by atomic mass is 9.65. The number of hydrogen-bond donors (Lipinski definition) is 2. The molecular formula is C18H29N3O2. The highest BCUT2D eigenvalue weighted by atomic mass is 16.5. The number of nitrogens with two attached hydrogens (primary N) is 1. The number of hydrogen-bond acceptors (Lipinski definition) is 3. The average Bonchev–Trinajstić information content (AvgIpc) is 2.54. The van der Waals surface area contributed by atoms with E-state index >= 15 is 0 Å². The summed E-state index contributed by atoms with van der Waals surface area (Å²) in [6, 6.07) is 7.81. The van der Waals surface area contributed by atoms with Crippen molar-refractivity contribution in [3.63, 3.8) is 0 Å². The third-order valence-electron chi connectivity index (χ3n) is 4.60. The fraction of sp³-hybridized carbons (Fsp3) is 0.611. The van der Waals surface area contributed by atoms with Crippen molar-refractivity contribution in [3.05, 3.63) is 24.3 Å². The number of benzene rings is 1. The number of rotatable bonds is 7. The summed E-state index contributed by atoms with van der Waals surface area (Å²) >= 11 is 0. The van der Waals surface area contributed by atoms with Gasteiger partial charge in [-0.05, 0) is 37.1 Å². The van der Waals surface area contributed by atoms with E-state index in [0.717, 1.165) is 37.3 Å². The third-order valence-corrected chi connectivity index (χ3v) is 4.60. The van der Waals surface area contributed by atoms with Crippen molar-refractivity contribution in [2.75, 3.05) is 19.0 Å². The quantitative estimate of drug-likeness (QED) is 0.459. The van der Waals surface area contributed by atoms with E-state index in [4.69, 9.17) is 15.2 Å². The topological polar surface area (TPSA) is 68.9 Å². The van der Waals surface area contributed by atoms with Crippen LogP contribution in [0, 0.1) is 5.41 Å². The van der Waals surface area contributed by atoms with Crippen LogP contribution in [0.4, 0.5) is 5.69 Å². The molecule has 1 saturated carbocycles. The van der Waals surface area contributed by atoms with Crippen LogP contribution in [0.5, 0.6) is 5.75 Å². The molecule has 0 aromatic heterocycles. The van der Waals surface area contributed by atoms with E-state index in [1.807, 2.05) is 24.3 Å². The molecule has 2 unspecified atom stereocenters. The number of nitrogens with one attached hydrogen (secondary N) is 1. The first-order valence-electron chi connectivity index (χ1n) is 8.33. The number of unbranched alkanes of at least 4 members (excludes halogenated alkanes) is 1. The lowest BCUT2D eigenvalue weighted by molar-refractivity contribution is -0.107. The molecule has 5 heteroatoms. The molecule has 1 aromatic carbocycles. The van der Waals surface area contributed by atoms with Crippen LogP contribution in [0.1, 0.15) is 40.0 Å². The van der Waals surface area contributed by atoms with Crippen LogP contribution in [0.2, 0.25) is 0 Å². The summed E-state index contributed by atoms with van der Waals surface area (Å²) < 4.78 is 11.1. The van der Waals surface area contributed by atoms with Crippen molar-refractivity contribution < 1.29 is 9.47 Å². The fourth-order valence-corrected chi connectivity index (χ4v) is 2.76. The van der Waals surface area contributed by atoms with Crippen molar-refractivity contribution in [2.45, 2.75) is 52.2 Å². The normalized spacial score (nSPS) is 23.2. The van der Waals surface area contributed by atoms with Crippen LogP contribution in [-0.2, 0) is 4.74 Å². The van der Waals surface area contributed by atoms with E-state index < -0.39 is 0 Å². The van der Waals surface area contributed by atoms with Crippen molar-refractivity contribution in [1.29, 1.82) is 0 Å². The number of ether oxygens (including phenoxy) is 2. The van der Waals surface area contributed by atoms with Gasteiger partial charge in [-0.1, -0.05) is 27.2 Å². The van der Waals surface area contributed by atoms with Gasteiger partial charge in [-0.2, -0.15) is 0 Å². The van der Waals surface area contributed by atoms with Gasteiger partial charge in [0.1, 0.15) is 5.75 Å². The monoisotopic (exact) mass is 319 g/mol. The van der Waals surface area contributed by atoms with E-state index in [-0.39, 0.29) is 17.6 Å². The predicted molar refractivity (Wildman–Crippen MR) is 95.1 cm³/mol. The van der Waals surface area contributed by atoms with Gasteiger partial charge in [-0.15, -0.1) is 0 Å². The van der Waals surface area contributed by atoms with E-state index in [1.165, 1.54) is 0 Å². The van der Waals surface area contributed by atoms with Crippen LogP contribution in [0.15, 0.2) is 29.3 Å². The first-order valence-corrected chi connectivity index (χ1v) is 8.33. The first-order chi connectivity index (χ1) is 11.0. The summed E-state index contributed by atoms with van der Waals surface area (Å²) in [7, 11) is 1.65. The van der Waals surface area contributed by atoms with Gasteiger partial charge in [0.15, 0.2) is 5.96 Å². The zero-order chi connectivity index (χ0) is 16.9. The number of guanidine groups is 1. The summed E-state index contributed by atoms with van der Waals surface area (Å²) in [6.07, 6.45) is 3.48. The summed E-state index contributed by atoms with van der Waals surface area (Å²) in [5, 5.41) is 3.13. The molecule has 0 radical (unpaired) electrons. The van der Waals surface area contributed by atoms with Gasteiger partial charge >= 0.3 is 0 Å². The molecule has 2 atom stereocenters. The number of methoxy groups -OCH3 is 1. The Morgan fingerprint density at radius 3 is 2.61 bits per heavy atom. The maximum absolute atomic E-state index is 6.04. The molecule has 0 bridgehead atoms. The molecule has 1 aromatic rings. The second-order valence-corrected chi connectivity index (χ2v) is 6.65. The van der Waals surface area contributed by atoms with Gasteiger partial charge in [0.2, 0.25) is 0 Å². The van der Waals surface area contributed by atoms with Crippen LogP contribution in [0.3, 0.4) is 0 Å². The standard InChI is InChI=1S/C18H29N3O2/c1-5-6-11-23-16-12-15(18(16,2)3)21-17(19)20-13-7-9-14(22-4)10-8-13/h7-10,15-16H,5-6,11-12H2,1-4H3,(H3,19,20,21). The predicted octanol–water partition coefficient (Wildman–Crippen LogP) is 3.41. The minimum atomic E-state index is 0.0277. The minimum absolute atomic E-state index is 0.0277. The van der Waals surface area contributed by atoms with Crippen molar-refractivity contribution >= 4 is 11.6 Å². The SMILES string of the molecule is CCCCOC1CC(N=C(N)Nc2ccc(OC)cc2)C1(C)C. The van der Waals surface area contributed by atoms with Crippen molar-refractivity contribution in [2.24, 2.45) is 16.1 Å². The summed E-state index contributed by atoms with van der Waals surface area (Å²) in [4.78, 5) is 4.62. The Kier molecular flexibility index (Phi) is 5.88. The Labute approximate surface area is 139 Å². The minimum Gasteiger partial charge on any atom is -0.497 e. The Morgan fingerprint density at radius 1 is 1.35 bits per heavy atom. The number of nitrogens with zero attached hydrogens (tertiary/aromatic N) is 1. The molecule has 0 spiro atoms. The number of anilines is 1. The largest absolute Gasteiger partial charge is 0.497 e. The van der Waals surface area contributed by atoms with Crippen LogP contribution >= 0.6 is 0 Å². The summed E-state index contributed by atoms with van der Waals surface area (Å²) in [5.74, 6) is 1.26. The fourth-order valence-electron chi connectivity index (χ4n) is 2.76. The highest BCUT2D eigenvalue weighted by molar-refractivity contribution is 5.92. The molecule has 0 heterocycles. The molecule has 23 heavy (non-hydrogen) atoms. The second-order valence-electron chi connectivity index (χ2n) is 6.65. The first kappa shape index (κ1) is 17.6. The summed E-state index contributed by atoms with van der Waals surface area (Å²) in [6.45, 7) is 7.40. The van der Waals surface area contributed by atoms with Gasteiger partial charge in [-0.3, -0.25) is 0 Å². The molecule has 1 fully saturated rings. The molecule has 1 aliphatic rings. The molecular weight excluding hydrogens is 290 g/mol. The van der Waals surface area contributed by atoms with Gasteiger partial charge < -0.3 is 20.5 Å². The smallest absolute Gasteiger partial charge is 0.193 e. The lowest BCUT2D eigenvalue weighted by Gasteiger charge is -2.49. The molecule has 0 aliphatic heterocycles. The molecule has 0 amide bonds. The maximum atomic E-state index is 6.04. The van der Waals surface area contributed by atoms with E-state index in [2.05, 4.69) is 31.1 Å². The Balaban J connectivity index is 1.88. The zero-order valence-electron chi connectivity index (χ0n) is 14.6. The van der Waals surface area contributed by atoms with Gasteiger partial charge in [0.25, 0.3) is 0 Å². The van der Waals surface area contributed by atoms with E-state index in [9.17, 15) is 0 Å². The lowest BCUT2D eigenvalue weighted by Crippen LogP contribution is -2.54. The van der Waals surface area contributed by atoms with E-state index in [0.29, 0.717) is 5.96 Å². The van der Waals surface area contributed by atoms with Crippen molar-refractivity contribution in [3.8, 4) is 5.75 Å².